The van der Waals surface area contributed by atoms with Crippen LogP contribution in [-0.4, -0.2) is 36.2 Å². The van der Waals surface area contributed by atoms with E-state index in [4.69, 9.17) is 0 Å². The Hall–Kier alpha value is -1.90. The maximum Gasteiger partial charge on any atom is 0.0558 e. The first-order valence-corrected chi connectivity index (χ1v) is 9.42. The lowest BCUT2D eigenvalue weighted by molar-refractivity contribution is 0.187. The molecule has 4 rings (SSSR count). The Morgan fingerprint density at radius 1 is 0.960 bits per heavy atom. The number of fused-ring (bicyclic) bond motifs is 1. The quantitative estimate of drug-likeness (QED) is 0.916. The van der Waals surface area contributed by atoms with Gasteiger partial charge in [-0.25, -0.2) is 0 Å². The Morgan fingerprint density at radius 2 is 1.64 bits per heavy atom. The third-order valence-electron chi connectivity index (χ3n) is 6.02. The summed E-state index contributed by atoms with van der Waals surface area (Å²) in [5.74, 6) is 0. The summed E-state index contributed by atoms with van der Waals surface area (Å²) >= 11 is 0. The number of rotatable bonds is 3. The highest BCUT2D eigenvalue weighted by Gasteiger charge is 2.40. The SMILES string of the molecule is CC1(c2ccccc2)Cc2ccccc2C1=C1CCN(CCO)CC1. The van der Waals surface area contributed by atoms with E-state index in [1.54, 1.807) is 11.1 Å². The molecule has 1 aliphatic carbocycles. The Labute approximate surface area is 150 Å². The number of hydrogen-bond acceptors (Lipinski definition) is 2. The maximum absolute atomic E-state index is 9.20. The minimum atomic E-state index is 0.0689. The van der Waals surface area contributed by atoms with Gasteiger partial charge in [0, 0.05) is 25.0 Å². The van der Waals surface area contributed by atoms with Crippen molar-refractivity contribution in [1.82, 2.24) is 4.90 Å². The van der Waals surface area contributed by atoms with Crippen molar-refractivity contribution in [2.45, 2.75) is 31.6 Å². The first-order valence-electron chi connectivity index (χ1n) is 9.42. The Bertz CT molecular complexity index is 770. The van der Waals surface area contributed by atoms with Crippen molar-refractivity contribution in [3.8, 4) is 0 Å². The zero-order chi connectivity index (χ0) is 17.3. The van der Waals surface area contributed by atoms with Crippen molar-refractivity contribution < 1.29 is 5.11 Å². The molecule has 2 aliphatic rings. The number of likely N-dealkylation sites (tertiary alicyclic amines) is 1. The number of allylic oxidation sites excluding steroid dienone is 1. The fourth-order valence-corrected chi connectivity index (χ4v) is 4.76. The van der Waals surface area contributed by atoms with Gasteiger partial charge in [-0.2, -0.15) is 0 Å². The fraction of sp³-hybridized carbons (Fsp3) is 0.391. The van der Waals surface area contributed by atoms with Crippen LogP contribution in [0.3, 0.4) is 0 Å². The summed E-state index contributed by atoms with van der Waals surface area (Å²) in [6.07, 6.45) is 3.32. The van der Waals surface area contributed by atoms with E-state index in [0.29, 0.717) is 0 Å². The van der Waals surface area contributed by atoms with Crippen LogP contribution in [0.15, 0.2) is 60.2 Å². The van der Waals surface area contributed by atoms with E-state index in [-0.39, 0.29) is 12.0 Å². The van der Waals surface area contributed by atoms with Crippen LogP contribution in [0.4, 0.5) is 0 Å². The van der Waals surface area contributed by atoms with Crippen molar-refractivity contribution in [1.29, 1.82) is 0 Å². The number of hydrogen-bond donors (Lipinski definition) is 1. The van der Waals surface area contributed by atoms with Gasteiger partial charge in [-0.05, 0) is 41.5 Å². The van der Waals surface area contributed by atoms with Crippen molar-refractivity contribution in [3.63, 3.8) is 0 Å². The van der Waals surface area contributed by atoms with Gasteiger partial charge >= 0.3 is 0 Å². The van der Waals surface area contributed by atoms with E-state index in [1.165, 1.54) is 16.7 Å². The van der Waals surface area contributed by atoms with Crippen molar-refractivity contribution in [2.24, 2.45) is 0 Å². The van der Waals surface area contributed by atoms with Crippen LogP contribution in [0.25, 0.3) is 5.57 Å². The minimum absolute atomic E-state index is 0.0689. The van der Waals surface area contributed by atoms with Crippen LogP contribution in [-0.2, 0) is 11.8 Å². The third-order valence-corrected chi connectivity index (χ3v) is 6.02. The molecule has 130 valence electrons. The molecule has 0 aromatic heterocycles. The molecule has 25 heavy (non-hydrogen) atoms. The number of aliphatic hydroxyl groups excluding tert-OH is 1. The van der Waals surface area contributed by atoms with Gasteiger partial charge in [0.15, 0.2) is 0 Å². The molecule has 1 atom stereocenters. The van der Waals surface area contributed by atoms with E-state index < -0.39 is 0 Å². The molecule has 1 aliphatic heterocycles. The number of aliphatic hydroxyl groups is 1. The summed E-state index contributed by atoms with van der Waals surface area (Å²) in [4.78, 5) is 2.38. The van der Waals surface area contributed by atoms with Crippen LogP contribution in [0, 0.1) is 0 Å². The van der Waals surface area contributed by atoms with Gasteiger partial charge in [0.2, 0.25) is 0 Å². The van der Waals surface area contributed by atoms with Gasteiger partial charge in [0.1, 0.15) is 0 Å². The predicted octanol–water partition coefficient (Wildman–Crippen LogP) is 4.04. The molecular weight excluding hydrogens is 306 g/mol. The molecule has 0 bridgehead atoms. The van der Waals surface area contributed by atoms with Gasteiger partial charge in [0.05, 0.1) is 6.61 Å². The van der Waals surface area contributed by atoms with Gasteiger partial charge in [0.25, 0.3) is 0 Å². The molecule has 1 N–H and O–H groups in total. The average molecular weight is 333 g/mol. The van der Waals surface area contributed by atoms with E-state index in [1.807, 2.05) is 0 Å². The van der Waals surface area contributed by atoms with E-state index >= 15 is 0 Å². The summed E-state index contributed by atoms with van der Waals surface area (Å²) in [6, 6.07) is 20.0. The predicted molar refractivity (Wildman–Crippen MR) is 104 cm³/mol. The number of piperidine rings is 1. The Kier molecular flexibility index (Phi) is 4.49. The number of benzene rings is 2. The van der Waals surface area contributed by atoms with Gasteiger partial charge in [-0.3, -0.25) is 0 Å². The number of β-amino-alcohol motifs (C(OH)–C–C–N with tert-alkyl or cyclic N) is 1. The first-order chi connectivity index (χ1) is 12.2. The topological polar surface area (TPSA) is 23.5 Å². The summed E-state index contributed by atoms with van der Waals surface area (Å²) in [7, 11) is 0. The molecule has 0 radical (unpaired) electrons. The molecule has 2 nitrogen and oxygen atoms in total. The molecule has 0 amide bonds. The standard InChI is InChI=1S/C23H27NO/c1-23(20-8-3-2-4-9-20)17-19-7-5-6-10-21(19)22(23)18-11-13-24(14-12-18)15-16-25/h2-10,25H,11-17H2,1H3. The fourth-order valence-electron chi connectivity index (χ4n) is 4.76. The molecule has 0 saturated carbocycles. The Balaban J connectivity index is 1.78. The molecule has 1 fully saturated rings. The molecule has 2 aromatic carbocycles. The average Bonchev–Trinajstić information content (AvgIpc) is 2.97. The molecule has 0 spiro atoms. The summed E-state index contributed by atoms with van der Waals surface area (Å²) < 4.78 is 0. The van der Waals surface area contributed by atoms with E-state index in [2.05, 4.69) is 66.4 Å². The van der Waals surface area contributed by atoms with Crippen molar-refractivity contribution in [3.05, 3.63) is 76.9 Å². The highest BCUT2D eigenvalue weighted by Crippen LogP contribution is 2.51. The lowest BCUT2D eigenvalue weighted by Gasteiger charge is -2.34. The lowest BCUT2D eigenvalue weighted by Crippen LogP contribution is -2.34. The van der Waals surface area contributed by atoms with Crippen LogP contribution in [0.5, 0.6) is 0 Å². The number of nitrogens with zero attached hydrogens (tertiary/aromatic N) is 1. The van der Waals surface area contributed by atoms with Gasteiger partial charge in [-0.1, -0.05) is 67.1 Å². The molecule has 2 heteroatoms. The first kappa shape index (κ1) is 16.6. The summed E-state index contributed by atoms with van der Waals surface area (Å²) in [5, 5.41) is 9.20. The van der Waals surface area contributed by atoms with Crippen molar-refractivity contribution >= 4 is 5.57 Å². The minimum Gasteiger partial charge on any atom is -0.395 e. The summed E-state index contributed by atoms with van der Waals surface area (Å²) in [5.41, 5.74) is 7.61. The van der Waals surface area contributed by atoms with Gasteiger partial charge < -0.3 is 10.0 Å². The van der Waals surface area contributed by atoms with E-state index in [0.717, 1.165) is 38.9 Å². The second-order valence-corrected chi connectivity index (χ2v) is 7.58. The lowest BCUT2D eigenvalue weighted by atomic mass is 9.73. The smallest absolute Gasteiger partial charge is 0.0558 e. The second kappa shape index (κ2) is 6.78. The maximum atomic E-state index is 9.20. The highest BCUT2D eigenvalue weighted by molar-refractivity contribution is 5.84. The summed E-state index contributed by atoms with van der Waals surface area (Å²) in [6.45, 7) is 5.61. The molecule has 1 heterocycles. The van der Waals surface area contributed by atoms with Gasteiger partial charge in [-0.15, -0.1) is 0 Å². The second-order valence-electron chi connectivity index (χ2n) is 7.58. The van der Waals surface area contributed by atoms with Crippen LogP contribution >= 0.6 is 0 Å². The van der Waals surface area contributed by atoms with Crippen molar-refractivity contribution in [2.75, 3.05) is 26.2 Å². The third kappa shape index (κ3) is 2.94. The van der Waals surface area contributed by atoms with Crippen LogP contribution < -0.4 is 0 Å². The zero-order valence-corrected chi connectivity index (χ0v) is 15.0. The normalized spacial score (nSPS) is 23.8. The van der Waals surface area contributed by atoms with Crippen LogP contribution in [0.1, 0.15) is 36.5 Å². The largest absolute Gasteiger partial charge is 0.395 e. The molecule has 1 unspecified atom stereocenters. The van der Waals surface area contributed by atoms with E-state index in [9.17, 15) is 5.11 Å². The monoisotopic (exact) mass is 333 g/mol. The molecule has 2 aromatic rings. The molecular formula is C23H27NO. The Morgan fingerprint density at radius 3 is 2.36 bits per heavy atom. The highest BCUT2D eigenvalue weighted by atomic mass is 16.3. The zero-order valence-electron chi connectivity index (χ0n) is 15.0. The molecule has 1 saturated heterocycles. The van der Waals surface area contributed by atoms with Crippen LogP contribution in [0.2, 0.25) is 0 Å².